The van der Waals surface area contributed by atoms with E-state index in [1.807, 2.05) is 0 Å². The Morgan fingerprint density at radius 1 is 1.28 bits per heavy atom. The Labute approximate surface area is 105 Å². The van der Waals surface area contributed by atoms with Gasteiger partial charge in [0.1, 0.15) is 6.04 Å². The van der Waals surface area contributed by atoms with Crippen LogP contribution in [0.5, 0.6) is 0 Å². The van der Waals surface area contributed by atoms with E-state index in [-0.39, 0.29) is 5.92 Å². The Balaban J connectivity index is 2.94. The molecule has 0 spiro atoms. The van der Waals surface area contributed by atoms with E-state index in [4.69, 9.17) is 5.11 Å². The van der Waals surface area contributed by atoms with Crippen molar-refractivity contribution in [3.63, 3.8) is 0 Å². The lowest BCUT2D eigenvalue weighted by molar-refractivity contribution is -0.140. The maximum Gasteiger partial charge on any atom is 0.326 e. The van der Waals surface area contributed by atoms with Crippen molar-refractivity contribution in [1.82, 2.24) is 15.5 Å². The summed E-state index contributed by atoms with van der Waals surface area (Å²) in [6.45, 7) is 6.86. The molecule has 0 fully saturated rings. The SMILES string of the molecule is Cc1cc(C(=O)N[C@@H](C(=O)O)C(C)C)c(C)nn1. The zero-order valence-electron chi connectivity index (χ0n) is 10.9. The molecule has 1 heterocycles. The van der Waals surface area contributed by atoms with Crippen LogP contribution in [0.1, 0.15) is 35.6 Å². The Morgan fingerprint density at radius 3 is 2.39 bits per heavy atom. The summed E-state index contributed by atoms with van der Waals surface area (Å²) in [4.78, 5) is 23.0. The van der Waals surface area contributed by atoms with Crippen LogP contribution in [0.2, 0.25) is 0 Å². The highest BCUT2D eigenvalue weighted by Gasteiger charge is 2.24. The van der Waals surface area contributed by atoms with Gasteiger partial charge in [0.25, 0.3) is 5.91 Å². The molecule has 1 aromatic heterocycles. The average molecular weight is 251 g/mol. The van der Waals surface area contributed by atoms with Crippen LogP contribution in [-0.2, 0) is 4.79 Å². The number of hydrogen-bond donors (Lipinski definition) is 2. The fourth-order valence-electron chi connectivity index (χ4n) is 1.51. The summed E-state index contributed by atoms with van der Waals surface area (Å²) in [7, 11) is 0. The minimum absolute atomic E-state index is 0.192. The number of nitrogens with zero attached hydrogens (tertiary/aromatic N) is 2. The molecule has 0 bridgehead atoms. The first-order valence-corrected chi connectivity index (χ1v) is 5.67. The van der Waals surface area contributed by atoms with Crippen LogP contribution in [0.4, 0.5) is 0 Å². The minimum Gasteiger partial charge on any atom is -0.480 e. The fraction of sp³-hybridized carbons (Fsp3) is 0.500. The highest BCUT2D eigenvalue weighted by Crippen LogP contribution is 2.08. The Bertz CT molecular complexity index is 472. The van der Waals surface area contributed by atoms with Crippen molar-refractivity contribution in [3.05, 3.63) is 23.0 Å². The number of aliphatic carboxylic acids is 1. The zero-order chi connectivity index (χ0) is 13.9. The number of hydrogen-bond acceptors (Lipinski definition) is 4. The molecule has 0 aliphatic carbocycles. The Kier molecular flexibility index (Phi) is 4.36. The Morgan fingerprint density at radius 2 is 1.89 bits per heavy atom. The van der Waals surface area contributed by atoms with Crippen molar-refractivity contribution in [2.24, 2.45) is 5.92 Å². The fourth-order valence-corrected chi connectivity index (χ4v) is 1.51. The molecule has 0 saturated carbocycles. The first-order chi connectivity index (χ1) is 8.32. The number of carbonyl (C=O) groups is 2. The summed E-state index contributed by atoms with van der Waals surface area (Å²) in [6, 6.07) is 0.682. The summed E-state index contributed by atoms with van der Waals surface area (Å²) < 4.78 is 0. The predicted octanol–water partition coefficient (Wildman–Crippen LogP) is 0.932. The number of carboxylic acids is 1. The van der Waals surface area contributed by atoms with Gasteiger partial charge in [0.2, 0.25) is 0 Å². The quantitative estimate of drug-likeness (QED) is 0.830. The minimum atomic E-state index is -1.05. The second kappa shape index (κ2) is 5.57. The molecule has 1 aromatic rings. The first kappa shape index (κ1) is 14.1. The van der Waals surface area contributed by atoms with Crippen LogP contribution < -0.4 is 5.32 Å². The lowest BCUT2D eigenvalue weighted by Crippen LogP contribution is -2.44. The largest absolute Gasteiger partial charge is 0.480 e. The lowest BCUT2D eigenvalue weighted by Gasteiger charge is -2.18. The van der Waals surface area contributed by atoms with E-state index >= 15 is 0 Å². The van der Waals surface area contributed by atoms with Gasteiger partial charge in [0, 0.05) is 0 Å². The van der Waals surface area contributed by atoms with E-state index in [9.17, 15) is 9.59 Å². The third-order valence-electron chi connectivity index (χ3n) is 2.56. The van der Waals surface area contributed by atoms with Gasteiger partial charge in [-0.2, -0.15) is 10.2 Å². The predicted molar refractivity (Wildman–Crippen MR) is 65.2 cm³/mol. The smallest absolute Gasteiger partial charge is 0.326 e. The van der Waals surface area contributed by atoms with Crippen molar-refractivity contribution in [2.45, 2.75) is 33.7 Å². The van der Waals surface area contributed by atoms with Crippen LogP contribution in [-0.4, -0.2) is 33.2 Å². The normalized spacial score (nSPS) is 12.3. The van der Waals surface area contributed by atoms with E-state index < -0.39 is 17.9 Å². The van der Waals surface area contributed by atoms with Gasteiger partial charge in [0.15, 0.2) is 0 Å². The van der Waals surface area contributed by atoms with E-state index in [0.29, 0.717) is 17.0 Å². The number of carboxylic acid groups (broad SMARTS) is 1. The second-order valence-electron chi connectivity index (χ2n) is 4.52. The van der Waals surface area contributed by atoms with E-state index in [1.54, 1.807) is 33.8 Å². The molecular formula is C12H17N3O3. The second-order valence-corrected chi connectivity index (χ2v) is 4.52. The maximum absolute atomic E-state index is 12.0. The van der Waals surface area contributed by atoms with Crippen molar-refractivity contribution in [1.29, 1.82) is 0 Å². The van der Waals surface area contributed by atoms with Gasteiger partial charge in [-0.15, -0.1) is 0 Å². The molecule has 6 heteroatoms. The van der Waals surface area contributed by atoms with Crippen LogP contribution in [0.3, 0.4) is 0 Å². The van der Waals surface area contributed by atoms with E-state index in [1.165, 1.54) is 0 Å². The molecule has 1 amide bonds. The molecule has 0 aliphatic heterocycles. The molecule has 0 unspecified atom stereocenters. The van der Waals surface area contributed by atoms with E-state index in [2.05, 4.69) is 15.5 Å². The summed E-state index contributed by atoms with van der Waals surface area (Å²) in [5.74, 6) is -1.68. The first-order valence-electron chi connectivity index (χ1n) is 5.67. The molecule has 98 valence electrons. The van der Waals surface area contributed by atoms with Gasteiger partial charge in [-0.3, -0.25) is 4.79 Å². The van der Waals surface area contributed by atoms with Crippen LogP contribution in [0, 0.1) is 19.8 Å². The monoisotopic (exact) mass is 251 g/mol. The van der Waals surface area contributed by atoms with Gasteiger partial charge in [-0.05, 0) is 25.8 Å². The number of aromatic nitrogens is 2. The van der Waals surface area contributed by atoms with Gasteiger partial charge < -0.3 is 10.4 Å². The van der Waals surface area contributed by atoms with Gasteiger partial charge in [-0.25, -0.2) is 4.79 Å². The summed E-state index contributed by atoms with van der Waals surface area (Å²) in [5, 5.41) is 19.2. The topological polar surface area (TPSA) is 92.2 Å². The number of rotatable bonds is 4. The molecule has 6 nitrogen and oxygen atoms in total. The molecule has 1 atom stereocenters. The average Bonchev–Trinajstić information content (AvgIpc) is 2.28. The van der Waals surface area contributed by atoms with Gasteiger partial charge >= 0.3 is 5.97 Å². The highest BCUT2D eigenvalue weighted by atomic mass is 16.4. The molecule has 0 radical (unpaired) electrons. The molecule has 0 saturated heterocycles. The van der Waals surface area contributed by atoms with Crippen molar-refractivity contribution in [2.75, 3.05) is 0 Å². The molecule has 18 heavy (non-hydrogen) atoms. The molecule has 2 N–H and O–H groups in total. The third kappa shape index (κ3) is 3.26. The highest BCUT2D eigenvalue weighted by molar-refractivity contribution is 5.97. The van der Waals surface area contributed by atoms with Crippen LogP contribution in [0.15, 0.2) is 6.07 Å². The van der Waals surface area contributed by atoms with E-state index in [0.717, 1.165) is 0 Å². The number of nitrogens with one attached hydrogen (secondary N) is 1. The van der Waals surface area contributed by atoms with Crippen molar-refractivity contribution < 1.29 is 14.7 Å². The number of amides is 1. The maximum atomic E-state index is 12.0. The van der Waals surface area contributed by atoms with Crippen LogP contribution in [0.25, 0.3) is 0 Å². The summed E-state index contributed by atoms with van der Waals surface area (Å²) >= 11 is 0. The lowest BCUT2D eigenvalue weighted by atomic mass is 10.0. The van der Waals surface area contributed by atoms with Crippen molar-refractivity contribution >= 4 is 11.9 Å². The summed E-state index contributed by atoms with van der Waals surface area (Å²) in [5.41, 5.74) is 1.45. The molecule has 1 rings (SSSR count). The zero-order valence-corrected chi connectivity index (χ0v) is 10.9. The summed E-state index contributed by atoms with van der Waals surface area (Å²) in [6.07, 6.45) is 0. The molecular weight excluding hydrogens is 234 g/mol. The molecule has 0 aliphatic rings. The van der Waals surface area contributed by atoms with Gasteiger partial charge in [0.05, 0.1) is 17.0 Å². The third-order valence-corrected chi connectivity index (χ3v) is 2.56. The standard InChI is InChI=1S/C12H17N3O3/c1-6(2)10(12(17)18)13-11(16)9-5-7(3)14-15-8(9)4/h5-6,10H,1-4H3,(H,13,16)(H,17,18)/t10-/m1/s1. The number of carbonyl (C=O) groups excluding carboxylic acids is 1. The van der Waals surface area contributed by atoms with Crippen LogP contribution >= 0.6 is 0 Å². The Hall–Kier alpha value is -1.98. The van der Waals surface area contributed by atoms with Crippen molar-refractivity contribution in [3.8, 4) is 0 Å². The number of aryl methyl sites for hydroxylation is 2. The molecule has 0 aromatic carbocycles. The van der Waals surface area contributed by atoms with Gasteiger partial charge in [-0.1, -0.05) is 13.8 Å².